The number of allylic oxidation sites excluding steroid dienone is 28. The Kier molecular flexibility index (Phi) is 53.7. The van der Waals surface area contributed by atoms with Crippen LogP contribution in [0.15, 0.2) is 170 Å². The molecule has 0 saturated heterocycles. The van der Waals surface area contributed by atoms with E-state index in [9.17, 15) is 19.0 Å². The van der Waals surface area contributed by atoms with Gasteiger partial charge in [-0.15, -0.1) is 0 Å². The minimum absolute atomic E-state index is 0.0533. The van der Waals surface area contributed by atoms with Crippen LogP contribution in [0.1, 0.15) is 194 Å². The van der Waals surface area contributed by atoms with E-state index in [0.717, 1.165) is 116 Å². The zero-order chi connectivity index (χ0) is 57.0. The Bertz CT molecular complexity index is 1920. The van der Waals surface area contributed by atoms with Crippen LogP contribution < -0.4 is 4.89 Å². The van der Waals surface area contributed by atoms with Gasteiger partial charge in [0.1, 0.15) is 19.8 Å². The number of hydrogen-bond acceptors (Lipinski definition) is 8. The number of ether oxygens (including phenoxy) is 2. The van der Waals surface area contributed by atoms with Gasteiger partial charge in [-0.25, -0.2) is 0 Å². The maximum absolute atomic E-state index is 12.8. The van der Waals surface area contributed by atoms with Crippen molar-refractivity contribution in [2.24, 2.45) is 0 Å². The predicted molar refractivity (Wildman–Crippen MR) is 332 cm³/mol. The molecule has 10 heteroatoms. The molecule has 0 spiro atoms. The maximum Gasteiger partial charge on any atom is 0.306 e. The van der Waals surface area contributed by atoms with E-state index in [-0.39, 0.29) is 26.1 Å². The van der Waals surface area contributed by atoms with E-state index in [2.05, 4.69) is 178 Å². The van der Waals surface area contributed by atoms with Gasteiger partial charge < -0.3 is 27.9 Å². The lowest BCUT2D eigenvalue weighted by Crippen LogP contribution is -2.37. The second-order valence-electron chi connectivity index (χ2n) is 20.2. The van der Waals surface area contributed by atoms with E-state index in [4.69, 9.17) is 18.5 Å². The fraction of sp³-hybridized carbons (Fsp3) is 0.559. The molecule has 2 atom stereocenters. The van der Waals surface area contributed by atoms with E-state index in [0.29, 0.717) is 30.3 Å². The Hall–Kier alpha value is -4.63. The van der Waals surface area contributed by atoms with Crippen LogP contribution in [0.5, 0.6) is 0 Å². The van der Waals surface area contributed by atoms with Crippen molar-refractivity contribution in [1.29, 1.82) is 0 Å². The van der Waals surface area contributed by atoms with Crippen molar-refractivity contribution in [3.63, 3.8) is 0 Å². The third kappa shape index (κ3) is 60.6. The van der Waals surface area contributed by atoms with Gasteiger partial charge in [0, 0.05) is 12.8 Å². The van der Waals surface area contributed by atoms with Gasteiger partial charge in [0.2, 0.25) is 0 Å². The minimum Gasteiger partial charge on any atom is -0.756 e. The number of carbonyl (C=O) groups excluding carboxylic acids is 2. The number of quaternary nitrogens is 1. The van der Waals surface area contributed by atoms with Crippen LogP contribution in [0.2, 0.25) is 0 Å². The molecule has 0 amide bonds. The van der Waals surface area contributed by atoms with E-state index >= 15 is 0 Å². The van der Waals surface area contributed by atoms with Gasteiger partial charge in [-0.05, 0) is 122 Å². The van der Waals surface area contributed by atoms with Gasteiger partial charge in [-0.1, -0.05) is 229 Å². The molecule has 0 aliphatic rings. The first-order valence-electron chi connectivity index (χ1n) is 29.8. The zero-order valence-corrected chi connectivity index (χ0v) is 50.4. The Morgan fingerprint density at radius 3 is 1.06 bits per heavy atom. The molecule has 0 radical (unpaired) electrons. The molecule has 0 rings (SSSR count). The molecule has 0 N–H and O–H groups in total. The van der Waals surface area contributed by atoms with Crippen molar-refractivity contribution < 1.29 is 42.1 Å². The summed E-state index contributed by atoms with van der Waals surface area (Å²) < 4.78 is 34.1. The van der Waals surface area contributed by atoms with E-state index in [1.165, 1.54) is 32.1 Å². The highest BCUT2D eigenvalue weighted by Crippen LogP contribution is 2.38. The highest BCUT2D eigenvalue weighted by molar-refractivity contribution is 7.45. The van der Waals surface area contributed by atoms with Crippen molar-refractivity contribution >= 4 is 19.8 Å². The standard InChI is InChI=1S/C68H108NO8P/c1-6-8-10-12-14-16-18-20-22-24-26-28-30-32-33-34-35-37-39-41-43-45-47-49-51-53-55-57-59-61-68(71)77-66(65-76-78(72,73)75-63-62-69(3,4)5)64-74-67(70)60-58-56-54-52-50-48-46-44-42-40-38-36-31-29-27-25-23-21-19-17-15-13-11-9-7-2/h8-11,14-17,20-23,26-29,32-33,35-38,41,43,47,49,53,55,66H,6-7,12-13,18-19,24-25,30-31,34,39-40,42,44-46,48,50-52,54,56-65H2,1-5H3/b10-8-,11-9-,16-14-,17-15-,22-20-,23-21-,28-26-,29-27-,33-32-,37-35-,38-36-,43-41-,49-47-,55-53-. The van der Waals surface area contributed by atoms with Gasteiger partial charge >= 0.3 is 11.9 Å². The molecule has 0 aliphatic heterocycles. The Morgan fingerprint density at radius 1 is 0.397 bits per heavy atom. The number of phosphoric ester groups is 1. The molecule has 0 saturated carbocycles. The van der Waals surface area contributed by atoms with E-state index in [1.807, 2.05) is 27.2 Å². The number of esters is 2. The number of phosphoric acid groups is 1. The Balaban J connectivity index is 4.34. The number of rotatable bonds is 52. The molecule has 78 heavy (non-hydrogen) atoms. The number of hydrogen-bond donors (Lipinski definition) is 0. The molecule has 0 aromatic heterocycles. The summed E-state index contributed by atoms with van der Waals surface area (Å²) in [6, 6.07) is 0. The second kappa shape index (κ2) is 57.1. The van der Waals surface area contributed by atoms with E-state index < -0.39 is 32.5 Å². The van der Waals surface area contributed by atoms with Crippen molar-refractivity contribution in [2.75, 3.05) is 47.5 Å². The first-order valence-corrected chi connectivity index (χ1v) is 31.3. The van der Waals surface area contributed by atoms with Crippen LogP contribution in [0, 0.1) is 0 Å². The van der Waals surface area contributed by atoms with Crippen molar-refractivity contribution in [3.8, 4) is 0 Å². The fourth-order valence-electron chi connectivity index (χ4n) is 7.21. The zero-order valence-electron chi connectivity index (χ0n) is 49.5. The summed E-state index contributed by atoms with van der Waals surface area (Å²) in [5.74, 6) is -0.926. The van der Waals surface area contributed by atoms with Crippen LogP contribution in [-0.2, 0) is 32.7 Å². The third-order valence-electron chi connectivity index (χ3n) is 11.7. The van der Waals surface area contributed by atoms with Gasteiger partial charge in [-0.2, -0.15) is 0 Å². The average molecular weight is 1100 g/mol. The molecule has 0 aromatic rings. The quantitative estimate of drug-likeness (QED) is 0.0195. The molecule has 0 aliphatic carbocycles. The van der Waals surface area contributed by atoms with Crippen LogP contribution in [-0.4, -0.2) is 70.0 Å². The molecule has 0 aromatic carbocycles. The lowest BCUT2D eigenvalue weighted by atomic mass is 10.1. The molecule has 2 unspecified atom stereocenters. The maximum atomic E-state index is 12.8. The molecule has 0 heterocycles. The predicted octanol–water partition coefficient (Wildman–Crippen LogP) is 18.4. The minimum atomic E-state index is -4.67. The molecule has 0 fully saturated rings. The molecular formula is C68H108NO8P. The monoisotopic (exact) mass is 1100 g/mol. The van der Waals surface area contributed by atoms with Gasteiger partial charge in [0.15, 0.2) is 6.10 Å². The first-order chi connectivity index (χ1) is 38.0. The largest absolute Gasteiger partial charge is 0.756 e. The average Bonchev–Trinajstić information content (AvgIpc) is 3.41. The van der Waals surface area contributed by atoms with Crippen LogP contribution in [0.4, 0.5) is 0 Å². The van der Waals surface area contributed by atoms with Crippen molar-refractivity contribution in [1.82, 2.24) is 0 Å². The van der Waals surface area contributed by atoms with Crippen LogP contribution >= 0.6 is 7.82 Å². The lowest BCUT2D eigenvalue weighted by Gasteiger charge is -2.28. The fourth-order valence-corrected chi connectivity index (χ4v) is 7.94. The normalized spacial score (nSPS) is 14.5. The lowest BCUT2D eigenvalue weighted by molar-refractivity contribution is -0.870. The first kappa shape index (κ1) is 73.4. The SMILES string of the molecule is CC/C=C\C/C=C\C/C=C\C/C=C\C/C=C\C/C=C\C/C=C\C/C=C\C/C=C\CCCC(=O)OC(COC(=O)CCCCCCCCCCC/C=C\C/C=C\C/C=C\C/C=C\C/C=C\CC)COP(=O)([O-])OCC[N+](C)(C)C. The number of carbonyl (C=O) groups is 2. The summed E-state index contributed by atoms with van der Waals surface area (Å²) in [6.45, 7) is 3.91. The Labute approximate surface area is 477 Å². The van der Waals surface area contributed by atoms with Gasteiger partial charge in [0.25, 0.3) is 7.82 Å². The van der Waals surface area contributed by atoms with E-state index in [1.54, 1.807) is 0 Å². The van der Waals surface area contributed by atoms with Crippen molar-refractivity contribution in [2.45, 2.75) is 200 Å². The van der Waals surface area contributed by atoms with Crippen LogP contribution in [0.3, 0.4) is 0 Å². The summed E-state index contributed by atoms with van der Waals surface area (Å²) in [7, 11) is 1.10. The Morgan fingerprint density at radius 2 is 0.705 bits per heavy atom. The topological polar surface area (TPSA) is 111 Å². The molecule has 438 valence electrons. The molecular weight excluding hydrogens is 990 g/mol. The second-order valence-corrected chi connectivity index (χ2v) is 21.7. The summed E-state index contributed by atoms with van der Waals surface area (Å²) >= 11 is 0. The summed E-state index contributed by atoms with van der Waals surface area (Å²) in [5, 5.41) is 0. The van der Waals surface area contributed by atoms with Crippen molar-refractivity contribution in [3.05, 3.63) is 170 Å². The van der Waals surface area contributed by atoms with Gasteiger partial charge in [-0.3, -0.25) is 14.2 Å². The number of nitrogens with zero attached hydrogens (tertiary/aromatic N) is 1. The number of unbranched alkanes of at least 4 members (excludes halogenated alkanes) is 10. The highest BCUT2D eigenvalue weighted by Gasteiger charge is 2.21. The summed E-state index contributed by atoms with van der Waals surface area (Å²) in [4.78, 5) is 37.9. The summed E-state index contributed by atoms with van der Waals surface area (Å²) in [6.07, 6.45) is 86.9. The number of likely N-dealkylation sites (N-methyl/N-ethyl adjacent to an activating group) is 1. The molecule has 0 bridgehead atoms. The third-order valence-corrected chi connectivity index (χ3v) is 12.7. The smallest absolute Gasteiger partial charge is 0.306 e. The van der Waals surface area contributed by atoms with Crippen LogP contribution in [0.25, 0.3) is 0 Å². The summed E-state index contributed by atoms with van der Waals surface area (Å²) in [5.41, 5.74) is 0. The highest BCUT2D eigenvalue weighted by atomic mass is 31.2. The van der Waals surface area contributed by atoms with Gasteiger partial charge in [0.05, 0.1) is 27.7 Å². The molecule has 9 nitrogen and oxygen atoms in total.